The van der Waals surface area contributed by atoms with Crippen LogP contribution < -0.4 is 9.47 Å². The summed E-state index contributed by atoms with van der Waals surface area (Å²) in [5, 5.41) is 20.5. The number of Topliss-reactive ketones (excluding diaryl/α,β-unsaturated/α-hetero) is 1. The molecule has 10 heteroatoms. The van der Waals surface area contributed by atoms with Crippen molar-refractivity contribution in [2.75, 3.05) is 6.61 Å². The number of nitrogens with zero attached hydrogens (tertiary/aromatic N) is 1. The number of ketones is 1. The number of carboxylic acid groups (broad SMARTS) is 1. The summed E-state index contributed by atoms with van der Waals surface area (Å²) in [4.78, 5) is 45.9. The van der Waals surface area contributed by atoms with Gasteiger partial charge in [0.2, 0.25) is 0 Å². The molecule has 0 fully saturated rings. The highest BCUT2D eigenvalue weighted by atomic mass is 16.7. The number of carbonyl (C=O) groups excluding carboxylic acids is 2. The normalized spacial score (nSPS) is 10.2. The Hall–Kier alpha value is -3.95. The molecule has 2 rings (SSSR count). The van der Waals surface area contributed by atoms with Crippen LogP contribution in [0.4, 0.5) is 15.3 Å². The summed E-state index contributed by atoms with van der Waals surface area (Å²) in [5.74, 6) is -1.98. The van der Waals surface area contributed by atoms with E-state index in [0.29, 0.717) is 12.8 Å². The molecule has 0 radical (unpaired) electrons. The molecule has 0 spiro atoms. The Morgan fingerprint density at radius 2 is 1.77 bits per heavy atom. The summed E-state index contributed by atoms with van der Waals surface area (Å²) in [7, 11) is 0. The smallest absolute Gasteiger partial charge is 0.449 e. The second kappa shape index (κ2) is 10.6. The van der Waals surface area contributed by atoms with Gasteiger partial charge in [-0.3, -0.25) is 14.9 Å². The fourth-order valence-electron chi connectivity index (χ4n) is 2.70. The molecule has 0 atom stereocenters. The zero-order chi connectivity index (χ0) is 22.1. The maximum absolute atomic E-state index is 12.6. The summed E-state index contributed by atoms with van der Waals surface area (Å²) in [6, 6.07) is 11.5. The molecular formula is C20H19NO9. The van der Waals surface area contributed by atoms with Crippen LogP contribution in [-0.4, -0.2) is 34.7 Å². The minimum absolute atomic E-state index is 0.00624. The van der Waals surface area contributed by atoms with Gasteiger partial charge in [0, 0.05) is 6.42 Å². The molecule has 0 bridgehead atoms. The van der Waals surface area contributed by atoms with Crippen molar-refractivity contribution < 1.29 is 38.6 Å². The average molecular weight is 417 g/mol. The molecule has 0 aliphatic heterocycles. The molecule has 30 heavy (non-hydrogen) atoms. The van der Waals surface area contributed by atoms with E-state index in [4.69, 9.17) is 9.84 Å². The first-order valence-electron chi connectivity index (χ1n) is 8.97. The Morgan fingerprint density at radius 1 is 1.07 bits per heavy atom. The van der Waals surface area contributed by atoms with Gasteiger partial charge >= 0.3 is 18.0 Å². The lowest BCUT2D eigenvalue weighted by Gasteiger charge is -2.11. The topological polar surface area (TPSA) is 142 Å². The molecule has 1 N–H and O–H groups in total. The van der Waals surface area contributed by atoms with Crippen molar-refractivity contribution in [1.82, 2.24) is 0 Å². The van der Waals surface area contributed by atoms with E-state index in [1.807, 2.05) is 30.3 Å². The lowest BCUT2D eigenvalue weighted by atomic mass is 10.0. The first kappa shape index (κ1) is 22.3. The number of hydrogen-bond donors (Lipinski definition) is 1. The zero-order valence-electron chi connectivity index (χ0n) is 16.0. The molecule has 10 nitrogen and oxygen atoms in total. The second-order valence-electron chi connectivity index (χ2n) is 5.96. The number of carbonyl (C=O) groups is 3. The van der Waals surface area contributed by atoms with Gasteiger partial charge in [-0.15, -0.1) is 0 Å². The molecule has 0 heterocycles. The molecular weight excluding hydrogens is 398 g/mol. The van der Waals surface area contributed by atoms with Crippen LogP contribution in [0, 0.1) is 10.1 Å². The fraction of sp³-hybridized carbons (Fsp3) is 0.250. The summed E-state index contributed by atoms with van der Waals surface area (Å²) >= 11 is 0. The molecule has 2 aromatic carbocycles. The van der Waals surface area contributed by atoms with Crippen LogP contribution in [-0.2, 0) is 11.2 Å². The van der Waals surface area contributed by atoms with Gasteiger partial charge in [0.15, 0.2) is 11.5 Å². The van der Waals surface area contributed by atoms with E-state index < -0.39 is 40.2 Å². The number of nitro benzene ring substituents is 1. The predicted octanol–water partition coefficient (Wildman–Crippen LogP) is 4.39. The number of aryl methyl sites for hydroxylation is 1. The number of hydrogen-bond acceptors (Lipinski definition) is 8. The molecule has 0 aliphatic rings. The first-order valence-corrected chi connectivity index (χ1v) is 8.97. The summed E-state index contributed by atoms with van der Waals surface area (Å²) in [6.07, 6.45) is -2.06. The molecule has 0 aromatic heterocycles. The van der Waals surface area contributed by atoms with Crippen LogP contribution in [0.5, 0.6) is 11.5 Å². The van der Waals surface area contributed by atoms with Gasteiger partial charge in [0.05, 0.1) is 17.1 Å². The lowest BCUT2D eigenvalue weighted by molar-refractivity contribution is -0.386. The van der Waals surface area contributed by atoms with Crippen molar-refractivity contribution in [3.05, 3.63) is 63.7 Å². The second-order valence-corrected chi connectivity index (χ2v) is 5.96. The maximum Gasteiger partial charge on any atom is 0.514 e. The van der Waals surface area contributed by atoms with E-state index in [2.05, 4.69) is 9.47 Å². The Kier molecular flexibility index (Phi) is 7.86. The van der Waals surface area contributed by atoms with Gasteiger partial charge in [-0.2, -0.15) is 0 Å². The third-order valence-corrected chi connectivity index (χ3v) is 3.94. The molecule has 2 aromatic rings. The lowest BCUT2D eigenvalue weighted by Crippen LogP contribution is -2.15. The summed E-state index contributed by atoms with van der Waals surface area (Å²) in [5.41, 5.74) is -0.187. The fourth-order valence-corrected chi connectivity index (χ4v) is 2.70. The Labute approximate surface area is 171 Å². The minimum Gasteiger partial charge on any atom is -0.449 e. The SMILES string of the molecule is CCOC(=O)Oc1c(OC(=O)O)ccc(C(=O)CCCc2ccccc2)c1[N+](=O)[O-]. The molecule has 0 aliphatic carbocycles. The number of ether oxygens (including phenoxy) is 3. The maximum atomic E-state index is 12.6. The summed E-state index contributed by atoms with van der Waals surface area (Å²) in [6.45, 7) is 1.40. The van der Waals surface area contributed by atoms with Crippen molar-refractivity contribution >= 4 is 23.8 Å². The van der Waals surface area contributed by atoms with E-state index in [1.165, 1.54) is 6.92 Å². The van der Waals surface area contributed by atoms with Gasteiger partial charge < -0.3 is 19.3 Å². The van der Waals surface area contributed by atoms with Gasteiger partial charge in [-0.05, 0) is 37.5 Å². The third kappa shape index (κ3) is 6.03. The molecule has 0 amide bonds. The van der Waals surface area contributed by atoms with Crippen LogP contribution in [0.1, 0.15) is 35.7 Å². The predicted molar refractivity (Wildman–Crippen MR) is 103 cm³/mol. The van der Waals surface area contributed by atoms with Crippen LogP contribution >= 0.6 is 0 Å². The number of rotatable bonds is 9. The highest BCUT2D eigenvalue weighted by molar-refractivity contribution is 6.01. The minimum atomic E-state index is -1.78. The van der Waals surface area contributed by atoms with E-state index in [-0.39, 0.29) is 18.6 Å². The standard InChI is InChI=1S/C20H19NO9/c1-2-28-20(25)30-18-16(29-19(23)24)12-11-14(17(18)21(26)27)15(22)10-6-9-13-7-4-3-5-8-13/h3-5,7-8,11-12H,2,6,9-10H2,1H3,(H,23,24). The Bertz CT molecular complexity index is 941. The van der Waals surface area contributed by atoms with Crippen LogP contribution in [0.3, 0.4) is 0 Å². The van der Waals surface area contributed by atoms with Crippen molar-refractivity contribution in [3.63, 3.8) is 0 Å². The highest BCUT2D eigenvalue weighted by Gasteiger charge is 2.32. The molecule has 0 unspecified atom stereocenters. The van der Waals surface area contributed by atoms with Crippen molar-refractivity contribution in [2.24, 2.45) is 0 Å². The quantitative estimate of drug-likeness (QED) is 0.206. The highest BCUT2D eigenvalue weighted by Crippen LogP contribution is 2.41. The van der Waals surface area contributed by atoms with Crippen molar-refractivity contribution in [1.29, 1.82) is 0 Å². The van der Waals surface area contributed by atoms with E-state index >= 15 is 0 Å². The van der Waals surface area contributed by atoms with E-state index in [1.54, 1.807) is 0 Å². The van der Waals surface area contributed by atoms with E-state index in [0.717, 1.165) is 17.7 Å². The molecule has 0 saturated heterocycles. The van der Waals surface area contributed by atoms with E-state index in [9.17, 15) is 24.5 Å². The Balaban J connectivity index is 2.33. The van der Waals surface area contributed by atoms with Crippen LogP contribution in [0.25, 0.3) is 0 Å². The number of benzene rings is 2. The monoisotopic (exact) mass is 417 g/mol. The first-order chi connectivity index (χ1) is 14.3. The van der Waals surface area contributed by atoms with Gasteiger partial charge in [0.1, 0.15) is 0 Å². The van der Waals surface area contributed by atoms with Crippen molar-refractivity contribution in [2.45, 2.75) is 26.2 Å². The van der Waals surface area contributed by atoms with Crippen molar-refractivity contribution in [3.8, 4) is 11.5 Å². The van der Waals surface area contributed by atoms with Gasteiger partial charge in [-0.25, -0.2) is 9.59 Å². The molecule has 0 saturated carbocycles. The van der Waals surface area contributed by atoms with Gasteiger partial charge in [-0.1, -0.05) is 30.3 Å². The zero-order valence-corrected chi connectivity index (χ0v) is 16.0. The third-order valence-electron chi connectivity index (χ3n) is 3.94. The number of nitro groups is 1. The summed E-state index contributed by atoms with van der Waals surface area (Å²) < 4.78 is 13.8. The molecule has 158 valence electrons. The van der Waals surface area contributed by atoms with Crippen LogP contribution in [0.2, 0.25) is 0 Å². The Morgan fingerprint density at radius 3 is 2.37 bits per heavy atom. The largest absolute Gasteiger partial charge is 0.514 e. The van der Waals surface area contributed by atoms with Crippen LogP contribution in [0.15, 0.2) is 42.5 Å². The average Bonchev–Trinajstić information content (AvgIpc) is 2.69. The van der Waals surface area contributed by atoms with Gasteiger partial charge in [0.25, 0.3) is 5.75 Å².